The van der Waals surface area contributed by atoms with Crippen LogP contribution in [0.3, 0.4) is 0 Å². The second-order valence-corrected chi connectivity index (χ2v) is 17.9. The monoisotopic (exact) mass is 888 g/mol. The number of hydrogen-bond donors (Lipinski definition) is 6. The molecule has 1 fully saturated rings. The van der Waals surface area contributed by atoms with Gasteiger partial charge in [-0.1, -0.05) is 209 Å². The summed E-state index contributed by atoms with van der Waals surface area (Å²) in [4.78, 5) is 13.0. The van der Waals surface area contributed by atoms with Crippen LogP contribution in [0.1, 0.15) is 219 Å². The molecular formula is C54H97NO8. The van der Waals surface area contributed by atoms with Gasteiger partial charge in [-0.25, -0.2) is 0 Å². The second kappa shape index (κ2) is 43.8. The number of allylic oxidation sites excluding steroid dienone is 9. The summed E-state index contributed by atoms with van der Waals surface area (Å²) in [5, 5.41) is 54.3. The molecule has 0 bridgehead atoms. The topological polar surface area (TPSA) is 149 Å². The summed E-state index contributed by atoms with van der Waals surface area (Å²) in [5.74, 6) is -0.198. The number of aliphatic hydroxyl groups is 5. The molecule has 0 saturated carbocycles. The number of hydrogen-bond acceptors (Lipinski definition) is 8. The molecule has 6 N–H and O–H groups in total. The Kier molecular flexibility index (Phi) is 40.9. The van der Waals surface area contributed by atoms with Gasteiger partial charge in [0.1, 0.15) is 24.4 Å². The Morgan fingerprint density at radius 1 is 0.556 bits per heavy atom. The lowest BCUT2D eigenvalue weighted by molar-refractivity contribution is -0.302. The van der Waals surface area contributed by atoms with Gasteiger partial charge in [0, 0.05) is 6.42 Å². The van der Waals surface area contributed by atoms with Crippen molar-refractivity contribution in [2.75, 3.05) is 13.2 Å². The molecule has 0 spiro atoms. The molecule has 1 aliphatic heterocycles. The highest BCUT2D eigenvalue weighted by molar-refractivity contribution is 5.76. The Bertz CT molecular complexity index is 1170. The average Bonchev–Trinajstić information content (AvgIpc) is 3.28. The van der Waals surface area contributed by atoms with Gasteiger partial charge in [-0.3, -0.25) is 4.79 Å². The first kappa shape index (κ1) is 58.9. The summed E-state index contributed by atoms with van der Waals surface area (Å²) < 4.78 is 11.2. The molecule has 0 aromatic heterocycles. The van der Waals surface area contributed by atoms with Gasteiger partial charge in [0.2, 0.25) is 5.91 Å². The van der Waals surface area contributed by atoms with Crippen LogP contribution < -0.4 is 5.32 Å². The van der Waals surface area contributed by atoms with E-state index in [1.54, 1.807) is 6.08 Å². The van der Waals surface area contributed by atoms with Gasteiger partial charge in [0.25, 0.3) is 0 Å². The Morgan fingerprint density at radius 2 is 1.00 bits per heavy atom. The van der Waals surface area contributed by atoms with Crippen molar-refractivity contribution in [3.05, 3.63) is 60.8 Å². The van der Waals surface area contributed by atoms with Crippen LogP contribution in [0.15, 0.2) is 60.8 Å². The molecule has 366 valence electrons. The predicted octanol–water partition coefficient (Wildman–Crippen LogP) is 12.0. The van der Waals surface area contributed by atoms with E-state index in [2.05, 4.69) is 67.8 Å². The molecule has 7 atom stereocenters. The van der Waals surface area contributed by atoms with E-state index in [4.69, 9.17) is 9.47 Å². The number of unbranched alkanes of at least 4 members (excludes halogenated alkanes) is 25. The van der Waals surface area contributed by atoms with Crippen LogP contribution in [-0.2, 0) is 14.3 Å². The fourth-order valence-electron chi connectivity index (χ4n) is 7.95. The maximum atomic E-state index is 13.0. The molecule has 1 saturated heterocycles. The number of nitrogens with one attached hydrogen (secondary N) is 1. The average molecular weight is 888 g/mol. The number of amides is 1. The smallest absolute Gasteiger partial charge is 0.220 e. The van der Waals surface area contributed by atoms with Crippen LogP contribution in [0.5, 0.6) is 0 Å². The van der Waals surface area contributed by atoms with E-state index in [-0.39, 0.29) is 12.5 Å². The van der Waals surface area contributed by atoms with Crippen molar-refractivity contribution >= 4 is 5.91 Å². The lowest BCUT2D eigenvalue weighted by Gasteiger charge is -2.40. The summed E-state index contributed by atoms with van der Waals surface area (Å²) in [6.45, 7) is 3.65. The van der Waals surface area contributed by atoms with Crippen LogP contribution in [0, 0.1) is 0 Å². The number of carbonyl (C=O) groups excluding carboxylic acids is 1. The Hall–Kier alpha value is -2.11. The van der Waals surface area contributed by atoms with Crippen molar-refractivity contribution < 1.29 is 39.8 Å². The fourth-order valence-corrected chi connectivity index (χ4v) is 7.95. The molecule has 9 heteroatoms. The first-order chi connectivity index (χ1) is 30.8. The number of aliphatic hydroxyl groups excluding tert-OH is 5. The highest BCUT2D eigenvalue weighted by Crippen LogP contribution is 2.23. The van der Waals surface area contributed by atoms with Gasteiger partial charge in [-0.15, -0.1) is 0 Å². The molecule has 1 heterocycles. The van der Waals surface area contributed by atoms with Crippen molar-refractivity contribution in [3.63, 3.8) is 0 Å². The van der Waals surface area contributed by atoms with Crippen molar-refractivity contribution in [3.8, 4) is 0 Å². The van der Waals surface area contributed by atoms with Crippen LogP contribution in [-0.4, -0.2) is 87.5 Å². The Labute approximate surface area is 386 Å². The Balaban J connectivity index is 2.31. The van der Waals surface area contributed by atoms with E-state index in [0.29, 0.717) is 6.42 Å². The lowest BCUT2D eigenvalue weighted by atomic mass is 9.99. The SMILES string of the molecule is CC/C=C\C/C=C\C/C=C\CCCCCCCCCC(=O)NC(COC1OC(CO)C(O)C(O)C1O)C(O)/C=C/CC/C=C/CCCCCCCCCCCCCCCCCCC. The first-order valence-electron chi connectivity index (χ1n) is 26.0. The van der Waals surface area contributed by atoms with Crippen molar-refractivity contribution in [2.45, 2.75) is 262 Å². The molecule has 0 aliphatic carbocycles. The minimum atomic E-state index is -1.58. The van der Waals surface area contributed by atoms with Gasteiger partial charge in [0.05, 0.1) is 25.4 Å². The first-order valence-corrected chi connectivity index (χ1v) is 26.0. The summed E-state index contributed by atoms with van der Waals surface area (Å²) in [7, 11) is 0. The summed E-state index contributed by atoms with van der Waals surface area (Å²) >= 11 is 0. The number of rotatable bonds is 43. The second-order valence-electron chi connectivity index (χ2n) is 17.9. The lowest BCUT2D eigenvalue weighted by Crippen LogP contribution is -2.60. The van der Waals surface area contributed by atoms with Crippen LogP contribution in [0.25, 0.3) is 0 Å². The van der Waals surface area contributed by atoms with Gasteiger partial charge in [-0.2, -0.15) is 0 Å². The fraction of sp³-hybridized carbons (Fsp3) is 0.796. The van der Waals surface area contributed by atoms with Crippen LogP contribution in [0.2, 0.25) is 0 Å². The molecule has 9 nitrogen and oxygen atoms in total. The highest BCUT2D eigenvalue weighted by Gasteiger charge is 2.44. The van der Waals surface area contributed by atoms with E-state index >= 15 is 0 Å². The summed E-state index contributed by atoms with van der Waals surface area (Å²) in [6.07, 6.45) is 51.3. The number of carbonyl (C=O) groups is 1. The molecular weight excluding hydrogens is 791 g/mol. The zero-order valence-electron chi connectivity index (χ0n) is 40.3. The molecule has 1 aliphatic rings. The molecule has 0 aromatic carbocycles. The normalized spacial score (nSPS) is 20.7. The largest absolute Gasteiger partial charge is 0.394 e. The minimum Gasteiger partial charge on any atom is -0.394 e. The van der Waals surface area contributed by atoms with E-state index in [1.807, 2.05) is 6.08 Å². The molecule has 0 radical (unpaired) electrons. The van der Waals surface area contributed by atoms with E-state index in [0.717, 1.165) is 70.6 Å². The zero-order chi connectivity index (χ0) is 45.9. The molecule has 1 rings (SSSR count). The summed E-state index contributed by atoms with van der Waals surface area (Å²) in [5.41, 5.74) is 0. The third-order valence-corrected chi connectivity index (χ3v) is 12.1. The van der Waals surface area contributed by atoms with Gasteiger partial charge >= 0.3 is 0 Å². The zero-order valence-corrected chi connectivity index (χ0v) is 40.3. The molecule has 1 amide bonds. The predicted molar refractivity (Wildman–Crippen MR) is 262 cm³/mol. The Morgan fingerprint density at radius 3 is 1.52 bits per heavy atom. The molecule has 0 aromatic rings. The minimum absolute atomic E-state index is 0.198. The van der Waals surface area contributed by atoms with Crippen LogP contribution in [0.4, 0.5) is 0 Å². The van der Waals surface area contributed by atoms with Gasteiger partial charge < -0.3 is 40.3 Å². The van der Waals surface area contributed by atoms with Gasteiger partial charge in [-0.05, 0) is 64.2 Å². The van der Waals surface area contributed by atoms with Crippen molar-refractivity contribution in [1.29, 1.82) is 0 Å². The molecule has 63 heavy (non-hydrogen) atoms. The maximum Gasteiger partial charge on any atom is 0.220 e. The molecule has 7 unspecified atom stereocenters. The third-order valence-electron chi connectivity index (χ3n) is 12.1. The maximum absolute atomic E-state index is 13.0. The quantitative estimate of drug-likeness (QED) is 0.0262. The summed E-state index contributed by atoms with van der Waals surface area (Å²) in [6, 6.07) is -0.829. The highest BCUT2D eigenvalue weighted by atomic mass is 16.7. The van der Waals surface area contributed by atoms with Crippen molar-refractivity contribution in [1.82, 2.24) is 5.32 Å². The number of ether oxygens (including phenoxy) is 2. The van der Waals surface area contributed by atoms with E-state index in [1.165, 1.54) is 128 Å². The standard InChI is InChI=1S/C54H97NO8/c1-3-5-7-9-11-13-15-17-19-21-22-23-24-25-26-28-29-31-33-35-37-39-41-43-48(57)47(46-62-54-53(61)52(60)51(59)49(45-56)63-54)55-50(58)44-42-40-38-36-34-32-30-27-20-18-16-14-12-10-8-6-4-2/h6,8,12,14,18,20,33,35,41,43,47-49,51-54,56-57,59-61H,3-5,7,9-11,13,15-17,19,21-32,34,36-40,42,44-46H2,1-2H3,(H,55,58)/b8-6-,14-12-,20-18-,35-33+,43-41+. The third kappa shape index (κ3) is 33.9. The van der Waals surface area contributed by atoms with Gasteiger partial charge in [0.15, 0.2) is 6.29 Å². The van der Waals surface area contributed by atoms with E-state index in [9.17, 15) is 30.3 Å². The van der Waals surface area contributed by atoms with Crippen LogP contribution >= 0.6 is 0 Å². The van der Waals surface area contributed by atoms with Crippen molar-refractivity contribution in [2.24, 2.45) is 0 Å². The van der Waals surface area contributed by atoms with E-state index < -0.39 is 49.5 Å².